The van der Waals surface area contributed by atoms with E-state index in [2.05, 4.69) is 10.3 Å². The minimum atomic E-state index is -4.09. The molecule has 0 saturated carbocycles. The lowest BCUT2D eigenvalue weighted by atomic mass is 9.97. The van der Waals surface area contributed by atoms with Gasteiger partial charge in [-0.15, -0.1) is 11.3 Å². The molecule has 3 atom stereocenters. The van der Waals surface area contributed by atoms with E-state index in [0.717, 1.165) is 16.3 Å². The van der Waals surface area contributed by atoms with Crippen molar-refractivity contribution >= 4 is 56.5 Å². The summed E-state index contributed by atoms with van der Waals surface area (Å²) in [7, 11) is -4.09. The number of amides is 3. The van der Waals surface area contributed by atoms with E-state index in [9.17, 15) is 23.1 Å². The lowest BCUT2D eigenvalue weighted by molar-refractivity contribution is -0.128. The van der Waals surface area contributed by atoms with Crippen LogP contribution in [-0.2, 0) is 27.8 Å². The molecule has 1 aliphatic rings. The molecule has 47 heavy (non-hydrogen) atoms. The first-order valence-corrected chi connectivity index (χ1v) is 18.7. The molecule has 2 N–H and O–H groups in total. The van der Waals surface area contributed by atoms with Gasteiger partial charge in [-0.2, -0.15) is 4.31 Å². The predicted octanol–water partition coefficient (Wildman–Crippen LogP) is 5.46. The number of carbonyl (C=O) groups is 2. The number of aliphatic hydroxyl groups is 1. The smallest absolute Gasteiger partial charge is 0.321 e. The summed E-state index contributed by atoms with van der Waals surface area (Å²) in [4.78, 5) is 35.2. The average Bonchev–Trinajstić information content (AvgIpc) is 3.58. The number of benzene rings is 2. The Hall–Kier alpha value is -2.74. The van der Waals surface area contributed by atoms with Crippen LogP contribution in [0, 0.1) is 18.8 Å². The van der Waals surface area contributed by atoms with Gasteiger partial charge in [-0.05, 0) is 48.9 Å². The van der Waals surface area contributed by atoms with Crippen LogP contribution in [0.2, 0.25) is 10.0 Å². The molecule has 1 unspecified atom stereocenters. The zero-order valence-electron chi connectivity index (χ0n) is 27.3. The summed E-state index contributed by atoms with van der Waals surface area (Å²) in [6.45, 7) is 10.5. The van der Waals surface area contributed by atoms with Gasteiger partial charge in [0.25, 0.3) is 0 Å². The molecule has 0 radical (unpaired) electrons. The van der Waals surface area contributed by atoms with Gasteiger partial charge in [-0.3, -0.25) is 4.79 Å². The number of nitrogens with zero attached hydrogens (tertiary/aromatic N) is 4. The number of hydrogen-bond donors (Lipinski definition) is 2. The number of aryl methyl sites for hydroxylation is 1. The van der Waals surface area contributed by atoms with Crippen LogP contribution < -0.4 is 5.32 Å². The molecule has 3 aromatic rings. The van der Waals surface area contributed by atoms with Crippen LogP contribution >= 0.6 is 34.5 Å². The van der Waals surface area contributed by atoms with Crippen LogP contribution in [-0.4, -0.2) is 88.9 Å². The lowest BCUT2D eigenvalue weighted by Crippen LogP contribution is -2.57. The van der Waals surface area contributed by atoms with Crippen molar-refractivity contribution in [2.24, 2.45) is 11.8 Å². The number of carbonyl (C=O) groups excluding carboxylic acids is 2. The van der Waals surface area contributed by atoms with E-state index >= 15 is 0 Å². The third kappa shape index (κ3) is 9.45. The van der Waals surface area contributed by atoms with Gasteiger partial charge in [0.2, 0.25) is 15.9 Å². The molecule has 256 valence electrons. The van der Waals surface area contributed by atoms with E-state index < -0.39 is 34.1 Å². The van der Waals surface area contributed by atoms with E-state index in [-0.39, 0.29) is 52.3 Å². The molecule has 10 nitrogen and oxygen atoms in total. The number of rotatable bonds is 15. The summed E-state index contributed by atoms with van der Waals surface area (Å²) in [6.07, 6.45) is -1.05. The summed E-state index contributed by atoms with van der Waals surface area (Å²) in [5, 5.41) is 17.9. The number of urea groups is 1. The summed E-state index contributed by atoms with van der Waals surface area (Å²) in [5.41, 5.74) is 1.66. The third-order valence-corrected chi connectivity index (χ3v) is 11.4. The molecule has 3 amide bonds. The highest BCUT2D eigenvalue weighted by atomic mass is 35.5. The van der Waals surface area contributed by atoms with Gasteiger partial charge in [0.15, 0.2) is 0 Å². The number of aliphatic hydroxyl groups excluding tert-OH is 1. The van der Waals surface area contributed by atoms with Gasteiger partial charge in [0, 0.05) is 31.6 Å². The molecule has 1 aliphatic heterocycles. The molecule has 14 heteroatoms. The normalized spacial score (nSPS) is 15.9. The second-order valence-corrected chi connectivity index (χ2v) is 16.4. The summed E-state index contributed by atoms with van der Waals surface area (Å²) < 4.78 is 28.8. The summed E-state index contributed by atoms with van der Waals surface area (Å²) >= 11 is 13.7. The largest absolute Gasteiger partial charge is 0.390 e. The molecule has 0 aliphatic carbocycles. The Morgan fingerprint density at radius 3 is 2.36 bits per heavy atom. The van der Waals surface area contributed by atoms with Gasteiger partial charge in [-0.25, -0.2) is 18.2 Å². The quantitative estimate of drug-likeness (QED) is 0.215. The van der Waals surface area contributed by atoms with Gasteiger partial charge in [0.05, 0.1) is 44.3 Å². The van der Waals surface area contributed by atoms with Crippen molar-refractivity contribution < 1.29 is 23.1 Å². The molecule has 2 heterocycles. The second kappa shape index (κ2) is 16.1. The summed E-state index contributed by atoms with van der Waals surface area (Å²) in [6, 6.07) is 11.5. The first-order valence-electron chi connectivity index (χ1n) is 15.6. The topological polar surface area (TPSA) is 123 Å². The molecular formula is C33H43Cl2N5O5S2. The molecule has 0 spiro atoms. The van der Waals surface area contributed by atoms with Crippen molar-refractivity contribution in [1.82, 2.24) is 24.4 Å². The molecule has 0 bridgehead atoms. The van der Waals surface area contributed by atoms with Crippen molar-refractivity contribution in [3.8, 4) is 0 Å². The molecule has 1 saturated heterocycles. The number of halogens is 2. The van der Waals surface area contributed by atoms with Gasteiger partial charge in [0.1, 0.15) is 6.04 Å². The molecule has 2 aromatic carbocycles. The van der Waals surface area contributed by atoms with Crippen molar-refractivity contribution in [3.05, 3.63) is 80.2 Å². The Bertz CT molecular complexity index is 1640. The summed E-state index contributed by atoms with van der Waals surface area (Å²) in [5.74, 6) is -0.714. The van der Waals surface area contributed by atoms with Gasteiger partial charge >= 0.3 is 6.03 Å². The zero-order chi connectivity index (χ0) is 34.5. The average molecular weight is 725 g/mol. The van der Waals surface area contributed by atoms with Crippen LogP contribution in [0.5, 0.6) is 0 Å². The fourth-order valence-corrected chi connectivity index (χ4v) is 8.32. The van der Waals surface area contributed by atoms with Crippen LogP contribution in [0.25, 0.3) is 0 Å². The highest BCUT2D eigenvalue weighted by molar-refractivity contribution is 7.89. The van der Waals surface area contributed by atoms with E-state index in [1.165, 1.54) is 33.8 Å². The predicted molar refractivity (Wildman–Crippen MR) is 186 cm³/mol. The van der Waals surface area contributed by atoms with E-state index in [1.807, 2.05) is 70.3 Å². The highest BCUT2D eigenvalue weighted by Gasteiger charge is 2.40. The Kier molecular flexibility index (Phi) is 12.7. The minimum absolute atomic E-state index is 0.0480. The third-order valence-electron chi connectivity index (χ3n) is 7.96. The highest BCUT2D eigenvalue weighted by Crippen LogP contribution is 2.28. The second-order valence-electron chi connectivity index (χ2n) is 12.6. The molecule has 4 rings (SSSR count). The number of hydrogen-bond acceptors (Lipinski definition) is 7. The van der Waals surface area contributed by atoms with E-state index in [0.29, 0.717) is 19.6 Å². The number of nitrogens with one attached hydrogen (secondary N) is 1. The lowest BCUT2D eigenvalue weighted by Gasteiger charge is -2.34. The zero-order valence-corrected chi connectivity index (χ0v) is 30.4. The van der Waals surface area contributed by atoms with Crippen LogP contribution in [0.3, 0.4) is 0 Å². The van der Waals surface area contributed by atoms with Crippen molar-refractivity contribution in [1.29, 1.82) is 0 Å². The maximum atomic E-state index is 14.0. The van der Waals surface area contributed by atoms with Crippen LogP contribution in [0.15, 0.2) is 58.8 Å². The Morgan fingerprint density at radius 2 is 1.77 bits per heavy atom. The monoisotopic (exact) mass is 723 g/mol. The van der Waals surface area contributed by atoms with Crippen molar-refractivity contribution in [2.45, 2.75) is 70.7 Å². The molecule has 1 fully saturated rings. The maximum Gasteiger partial charge on any atom is 0.321 e. The molecular weight excluding hydrogens is 681 g/mol. The molecule has 1 aromatic heterocycles. The van der Waals surface area contributed by atoms with Gasteiger partial charge in [-0.1, -0.05) is 81.2 Å². The standard InChI is InChI=1S/C33H43Cl2N5O5S2/c1-21(2)17-39(47(44,45)26-11-12-27(34)28(35)16-26)19-30(41)29(15-24-9-7-6-8-10-24)37-32(42)31(22(3)4)40-14-13-38(33(40)43)18-25-20-46-23(5)36-25/h6-12,16,20-22,29-31,41H,13-15,17-19H2,1-5H3,(H,37,42)/t29-,30+,31?/m0/s1. The van der Waals surface area contributed by atoms with Crippen molar-refractivity contribution in [2.75, 3.05) is 26.2 Å². The van der Waals surface area contributed by atoms with Crippen LogP contribution in [0.4, 0.5) is 4.79 Å². The van der Waals surface area contributed by atoms with Crippen LogP contribution in [0.1, 0.15) is 44.0 Å². The minimum Gasteiger partial charge on any atom is -0.390 e. The number of sulfonamides is 1. The fraction of sp³-hybridized carbons (Fsp3) is 0.485. The Labute approximate surface area is 291 Å². The van der Waals surface area contributed by atoms with E-state index in [4.69, 9.17) is 23.2 Å². The Balaban J connectivity index is 1.58. The number of aromatic nitrogens is 1. The Morgan fingerprint density at radius 1 is 1.06 bits per heavy atom. The van der Waals surface area contributed by atoms with Gasteiger partial charge < -0.3 is 20.2 Å². The maximum absolute atomic E-state index is 14.0. The van der Waals surface area contributed by atoms with E-state index in [1.54, 1.807) is 9.80 Å². The first-order chi connectivity index (χ1) is 22.2. The first kappa shape index (κ1) is 37.1. The number of thiazole rings is 1. The SMILES string of the molecule is Cc1nc(CN2CCN(C(C(=O)N[C@@H](Cc3ccccc3)[C@H](O)CN(CC(C)C)S(=O)(=O)c3ccc(Cl)c(Cl)c3)C(C)C)C2=O)cs1. The van der Waals surface area contributed by atoms with Crippen molar-refractivity contribution in [3.63, 3.8) is 0 Å². The fourth-order valence-electron chi connectivity index (χ4n) is 5.71.